The summed E-state index contributed by atoms with van der Waals surface area (Å²) >= 11 is 0. The summed E-state index contributed by atoms with van der Waals surface area (Å²) in [6.45, 7) is 3.20. The van der Waals surface area contributed by atoms with Crippen LogP contribution in [0.15, 0.2) is 24.8 Å². The van der Waals surface area contributed by atoms with Crippen molar-refractivity contribution in [3.8, 4) is 11.5 Å². The van der Waals surface area contributed by atoms with Crippen LogP contribution in [0.25, 0.3) is 5.70 Å². The molecule has 68 valence electrons. The second kappa shape index (κ2) is 3.14. The molecule has 1 aromatic carbocycles. The number of phenols is 2. The third-order valence-electron chi connectivity index (χ3n) is 1.53. The van der Waals surface area contributed by atoms with E-state index in [-0.39, 0.29) is 17.0 Å². The Morgan fingerprint density at radius 2 is 2.00 bits per heavy atom. The van der Waals surface area contributed by atoms with Gasteiger partial charge >= 0.3 is 0 Å². The van der Waals surface area contributed by atoms with E-state index in [4.69, 9.17) is 10.2 Å². The average Bonchev–Trinajstić information content (AvgIpc) is 2.08. The number of rotatable bonds is 2. The quantitative estimate of drug-likeness (QED) is 0.409. The van der Waals surface area contributed by atoms with Crippen molar-refractivity contribution >= 4 is 5.70 Å². The fourth-order valence-corrected chi connectivity index (χ4v) is 0.808. The largest absolute Gasteiger partial charge is 0.504 e. The predicted octanol–water partition coefficient (Wildman–Crippen LogP) is 1.35. The molecule has 0 fully saturated rings. The highest BCUT2D eigenvalue weighted by Gasteiger charge is 2.12. The summed E-state index contributed by atoms with van der Waals surface area (Å²) in [6.07, 6.45) is 0. The lowest BCUT2D eigenvalue weighted by molar-refractivity contribution is -0.375. The Morgan fingerprint density at radius 1 is 1.38 bits per heavy atom. The predicted molar refractivity (Wildman–Crippen MR) is 45.8 cm³/mol. The van der Waals surface area contributed by atoms with Gasteiger partial charge in [0.1, 0.15) is 0 Å². The fourth-order valence-electron chi connectivity index (χ4n) is 0.808. The molecule has 13 heavy (non-hydrogen) atoms. The van der Waals surface area contributed by atoms with Gasteiger partial charge in [0, 0.05) is 0 Å². The zero-order valence-electron chi connectivity index (χ0n) is 6.60. The van der Waals surface area contributed by atoms with E-state index in [2.05, 4.69) is 6.58 Å². The first-order chi connectivity index (χ1) is 6.02. The molecule has 5 heteroatoms. The molecule has 1 aromatic rings. The molecule has 0 amide bonds. The van der Waals surface area contributed by atoms with Gasteiger partial charge in [0.15, 0.2) is 11.5 Å². The van der Waals surface area contributed by atoms with E-state index < -0.39 is 10.7 Å². The van der Waals surface area contributed by atoms with Gasteiger partial charge < -0.3 is 10.2 Å². The van der Waals surface area contributed by atoms with Crippen molar-refractivity contribution in [1.82, 2.24) is 0 Å². The highest BCUT2D eigenvalue weighted by Crippen LogP contribution is 2.27. The topological polar surface area (TPSA) is 83.6 Å². The molecule has 0 aliphatic heterocycles. The van der Waals surface area contributed by atoms with E-state index >= 15 is 0 Å². The molecule has 0 saturated heterocycles. The van der Waals surface area contributed by atoms with Crippen LogP contribution in [0.1, 0.15) is 5.56 Å². The number of nitro groups is 1. The van der Waals surface area contributed by atoms with Crippen molar-refractivity contribution in [2.24, 2.45) is 0 Å². The summed E-state index contributed by atoms with van der Waals surface area (Å²) in [7, 11) is 0. The molecule has 0 bridgehead atoms. The van der Waals surface area contributed by atoms with Gasteiger partial charge in [0.2, 0.25) is 0 Å². The standard InChI is InChI=1S/C8H7NO4/c1-5(9(12)13)6-2-3-7(10)8(11)4-6/h2-4,10-11H,1H2. The zero-order valence-corrected chi connectivity index (χ0v) is 6.60. The van der Waals surface area contributed by atoms with Gasteiger partial charge in [0.05, 0.1) is 10.5 Å². The van der Waals surface area contributed by atoms with E-state index in [0.29, 0.717) is 0 Å². The second-order valence-electron chi connectivity index (χ2n) is 2.41. The number of phenolic OH excluding ortho intramolecular Hbond substituents is 2. The maximum absolute atomic E-state index is 10.3. The monoisotopic (exact) mass is 181 g/mol. The lowest BCUT2D eigenvalue weighted by Crippen LogP contribution is -1.95. The summed E-state index contributed by atoms with van der Waals surface area (Å²) in [4.78, 5) is 9.60. The highest BCUT2D eigenvalue weighted by atomic mass is 16.6. The van der Waals surface area contributed by atoms with Gasteiger partial charge in [-0.05, 0) is 24.8 Å². The molecule has 2 N–H and O–H groups in total. The third kappa shape index (κ3) is 1.76. The number of aromatic hydroxyl groups is 2. The normalized spacial score (nSPS) is 9.54. The minimum absolute atomic E-state index is 0.167. The number of hydrogen-bond donors (Lipinski definition) is 2. The van der Waals surface area contributed by atoms with Crippen LogP contribution in [-0.4, -0.2) is 15.1 Å². The molecule has 5 nitrogen and oxygen atoms in total. The van der Waals surface area contributed by atoms with Crippen LogP contribution in [0.5, 0.6) is 11.5 Å². The zero-order chi connectivity index (χ0) is 10.0. The van der Waals surface area contributed by atoms with Crippen LogP contribution >= 0.6 is 0 Å². The summed E-state index contributed by atoms with van der Waals surface area (Å²) in [5.41, 5.74) is -0.157. The Hall–Kier alpha value is -2.04. The molecular weight excluding hydrogens is 174 g/mol. The molecular formula is C8H7NO4. The Morgan fingerprint density at radius 3 is 2.46 bits per heavy atom. The fraction of sp³-hybridized carbons (Fsp3) is 0. The molecule has 0 saturated carbocycles. The van der Waals surface area contributed by atoms with Crippen LogP contribution in [-0.2, 0) is 0 Å². The van der Waals surface area contributed by atoms with E-state index in [9.17, 15) is 10.1 Å². The van der Waals surface area contributed by atoms with Gasteiger partial charge in [-0.2, -0.15) is 0 Å². The highest BCUT2D eigenvalue weighted by molar-refractivity contribution is 5.60. The maximum Gasteiger partial charge on any atom is 0.269 e. The van der Waals surface area contributed by atoms with Crippen molar-refractivity contribution in [1.29, 1.82) is 0 Å². The van der Waals surface area contributed by atoms with Crippen molar-refractivity contribution in [3.63, 3.8) is 0 Å². The van der Waals surface area contributed by atoms with Gasteiger partial charge in [-0.25, -0.2) is 0 Å². The summed E-state index contributed by atoms with van der Waals surface area (Å²) in [5.74, 6) is -0.722. The Balaban J connectivity index is 3.11. The molecule has 0 radical (unpaired) electrons. The number of hydrogen-bond acceptors (Lipinski definition) is 4. The smallest absolute Gasteiger partial charge is 0.269 e. The average molecular weight is 181 g/mol. The van der Waals surface area contributed by atoms with Gasteiger partial charge in [-0.3, -0.25) is 10.1 Å². The van der Waals surface area contributed by atoms with Crippen molar-refractivity contribution in [2.45, 2.75) is 0 Å². The number of nitrogens with zero attached hydrogens (tertiary/aromatic N) is 1. The first kappa shape index (κ1) is 9.05. The SMILES string of the molecule is C=C(c1ccc(O)c(O)c1)[N+](=O)[O-]. The van der Waals surface area contributed by atoms with Crippen molar-refractivity contribution < 1.29 is 15.1 Å². The van der Waals surface area contributed by atoms with Crippen molar-refractivity contribution in [3.05, 3.63) is 40.5 Å². The van der Waals surface area contributed by atoms with Gasteiger partial charge in [-0.15, -0.1) is 0 Å². The van der Waals surface area contributed by atoms with Crippen LogP contribution < -0.4 is 0 Å². The minimum Gasteiger partial charge on any atom is -0.504 e. The lowest BCUT2D eigenvalue weighted by atomic mass is 10.1. The Labute approximate surface area is 73.7 Å². The molecule has 1 rings (SSSR count). The van der Waals surface area contributed by atoms with Gasteiger partial charge in [-0.1, -0.05) is 0 Å². The molecule has 0 spiro atoms. The molecule has 0 aliphatic rings. The molecule has 0 heterocycles. The molecule has 0 aromatic heterocycles. The van der Waals surface area contributed by atoms with Crippen LogP contribution in [0.3, 0.4) is 0 Å². The molecule has 0 atom stereocenters. The van der Waals surface area contributed by atoms with E-state index in [1.54, 1.807) is 0 Å². The van der Waals surface area contributed by atoms with E-state index in [1.807, 2.05) is 0 Å². The van der Waals surface area contributed by atoms with Crippen LogP contribution in [0, 0.1) is 10.1 Å². The van der Waals surface area contributed by atoms with Crippen molar-refractivity contribution in [2.75, 3.05) is 0 Å². The van der Waals surface area contributed by atoms with Gasteiger partial charge in [0.25, 0.3) is 5.70 Å². The second-order valence-corrected chi connectivity index (χ2v) is 2.41. The minimum atomic E-state index is -0.661. The van der Waals surface area contributed by atoms with E-state index in [0.717, 1.165) is 6.07 Å². The lowest BCUT2D eigenvalue weighted by Gasteiger charge is -1.99. The van der Waals surface area contributed by atoms with Crippen LogP contribution in [0.4, 0.5) is 0 Å². The number of benzene rings is 1. The van der Waals surface area contributed by atoms with Crippen LogP contribution in [0.2, 0.25) is 0 Å². The maximum atomic E-state index is 10.3. The first-order valence-electron chi connectivity index (χ1n) is 3.38. The molecule has 0 unspecified atom stereocenters. The summed E-state index contributed by atoms with van der Waals surface area (Å²) in [5, 5.41) is 28.2. The Bertz CT molecular complexity index is 372. The van der Waals surface area contributed by atoms with E-state index in [1.165, 1.54) is 12.1 Å². The Kier molecular flexibility index (Phi) is 2.19. The summed E-state index contributed by atoms with van der Waals surface area (Å²) < 4.78 is 0. The first-order valence-corrected chi connectivity index (χ1v) is 3.38. The molecule has 0 aliphatic carbocycles. The summed E-state index contributed by atoms with van der Waals surface area (Å²) in [6, 6.07) is 3.56. The third-order valence-corrected chi connectivity index (χ3v) is 1.53.